The van der Waals surface area contributed by atoms with Gasteiger partial charge in [0.15, 0.2) is 5.03 Å². The van der Waals surface area contributed by atoms with Crippen LogP contribution < -0.4 is 5.32 Å². The number of hydrogen-bond donors (Lipinski definition) is 1. The highest BCUT2D eigenvalue weighted by Crippen LogP contribution is 2.25. The number of likely N-dealkylation sites (N-methyl/N-ethyl adjacent to an activating group) is 1. The van der Waals surface area contributed by atoms with E-state index in [1.165, 1.54) is 6.20 Å². The standard InChI is InChI=1S/C14H24N4O2S/c1-4-15-13-7-5-8-16-14(13)21(19,20)18-10-6-9-17(3)11-12(18)2/h5,7-8,12,15H,4,6,9-11H2,1-3H3. The molecule has 2 rings (SSSR count). The maximum absolute atomic E-state index is 13.0. The molecule has 1 aromatic heterocycles. The zero-order valence-corrected chi connectivity index (χ0v) is 13.7. The largest absolute Gasteiger partial charge is 0.383 e. The predicted molar refractivity (Wildman–Crippen MR) is 83.9 cm³/mol. The number of anilines is 1. The lowest BCUT2D eigenvalue weighted by Crippen LogP contribution is -2.42. The molecule has 0 spiro atoms. The van der Waals surface area contributed by atoms with Crippen molar-refractivity contribution in [1.82, 2.24) is 14.2 Å². The lowest BCUT2D eigenvalue weighted by Gasteiger charge is -2.27. The second-order valence-corrected chi connectivity index (χ2v) is 7.27. The number of hydrogen-bond acceptors (Lipinski definition) is 5. The van der Waals surface area contributed by atoms with Crippen LogP contribution in [0.15, 0.2) is 23.4 Å². The van der Waals surface area contributed by atoms with Crippen LogP contribution in [0, 0.1) is 0 Å². The molecule has 0 aromatic carbocycles. The van der Waals surface area contributed by atoms with Crippen LogP contribution in [0.2, 0.25) is 0 Å². The quantitative estimate of drug-likeness (QED) is 0.906. The Labute approximate surface area is 127 Å². The minimum absolute atomic E-state index is 0.0565. The first-order chi connectivity index (χ1) is 9.96. The fourth-order valence-corrected chi connectivity index (χ4v) is 4.48. The van der Waals surface area contributed by atoms with Crippen LogP contribution in [0.4, 0.5) is 5.69 Å². The second kappa shape index (κ2) is 6.72. The highest BCUT2D eigenvalue weighted by Gasteiger charge is 2.33. The summed E-state index contributed by atoms with van der Waals surface area (Å²) in [7, 11) is -1.55. The SMILES string of the molecule is CCNc1cccnc1S(=O)(=O)N1CCCN(C)CC1C. The Morgan fingerprint density at radius 2 is 2.19 bits per heavy atom. The smallest absolute Gasteiger partial charge is 0.262 e. The Kier molecular flexibility index (Phi) is 5.18. The van der Waals surface area contributed by atoms with Gasteiger partial charge >= 0.3 is 0 Å². The van der Waals surface area contributed by atoms with E-state index in [2.05, 4.69) is 15.2 Å². The van der Waals surface area contributed by atoms with Crippen LogP contribution in [-0.4, -0.2) is 61.9 Å². The van der Waals surface area contributed by atoms with E-state index in [1.54, 1.807) is 16.4 Å². The zero-order chi connectivity index (χ0) is 15.5. The van der Waals surface area contributed by atoms with Crippen molar-refractivity contribution in [3.05, 3.63) is 18.3 Å². The lowest BCUT2D eigenvalue weighted by atomic mass is 10.3. The van der Waals surface area contributed by atoms with Gasteiger partial charge in [-0.05, 0) is 46.0 Å². The number of rotatable bonds is 4. The fraction of sp³-hybridized carbons (Fsp3) is 0.643. The number of sulfonamides is 1. The average molecular weight is 312 g/mol. The third-order valence-corrected chi connectivity index (χ3v) is 5.65. The molecule has 0 aliphatic carbocycles. The summed E-state index contributed by atoms with van der Waals surface area (Å²) in [6.07, 6.45) is 2.37. The Balaban J connectivity index is 2.37. The molecule has 21 heavy (non-hydrogen) atoms. The average Bonchev–Trinajstić information content (AvgIpc) is 2.60. The molecule has 1 aromatic rings. The molecular weight excluding hydrogens is 288 g/mol. The molecule has 0 amide bonds. The number of nitrogens with one attached hydrogen (secondary N) is 1. The van der Waals surface area contributed by atoms with Gasteiger partial charge in [0.05, 0.1) is 5.69 Å². The van der Waals surface area contributed by atoms with E-state index >= 15 is 0 Å². The molecule has 1 fully saturated rings. The van der Waals surface area contributed by atoms with E-state index in [4.69, 9.17) is 0 Å². The topological polar surface area (TPSA) is 65.5 Å². The fourth-order valence-electron chi connectivity index (χ4n) is 2.74. The first-order valence-corrected chi connectivity index (χ1v) is 8.80. The third kappa shape index (κ3) is 3.53. The van der Waals surface area contributed by atoms with Crippen molar-refractivity contribution in [1.29, 1.82) is 0 Å². The van der Waals surface area contributed by atoms with Crippen molar-refractivity contribution in [2.75, 3.05) is 38.5 Å². The van der Waals surface area contributed by atoms with E-state index in [0.717, 1.165) is 19.5 Å². The van der Waals surface area contributed by atoms with Gasteiger partial charge in [-0.25, -0.2) is 13.4 Å². The predicted octanol–water partition coefficient (Wildman–Crippen LogP) is 1.23. The minimum atomic E-state index is -3.58. The molecule has 2 heterocycles. The van der Waals surface area contributed by atoms with E-state index in [1.807, 2.05) is 20.9 Å². The molecule has 6 nitrogen and oxygen atoms in total. The van der Waals surface area contributed by atoms with E-state index < -0.39 is 10.0 Å². The molecule has 7 heteroatoms. The summed E-state index contributed by atoms with van der Waals surface area (Å²) in [6.45, 7) is 6.74. The van der Waals surface area contributed by atoms with Gasteiger partial charge < -0.3 is 10.2 Å². The second-order valence-electron chi connectivity index (χ2n) is 5.47. The van der Waals surface area contributed by atoms with Crippen molar-refractivity contribution in [2.45, 2.75) is 31.3 Å². The third-order valence-electron chi connectivity index (χ3n) is 3.68. The van der Waals surface area contributed by atoms with Gasteiger partial charge in [-0.3, -0.25) is 0 Å². The van der Waals surface area contributed by atoms with Crippen molar-refractivity contribution in [2.24, 2.45) is 0 Å². The van der Waals surface area contributed by atoms with E-state index in [0.29, 0.717) is 18.8 Å². The van der Waals surface area contributed by atoms with E-state index in [-0.39, 0.29) is 11.1 Å². The van der Waals surface area contributed by atoms with Gasteiger partial charge in [0, 0.05) is 31.9 Å². The Morgan fingerprint density at radius 3 is 2.90 bits per heavy atom. The molecule has 0 radical (unpaired) electrons. The van der Waals surface area contributed by atoms with Gasteiger partial charge in [-0.15, -0.1) is 0 Å². The summed E-state index contributed by atoms with van der Waals surface area (Å²) in [6, 6.07) is 3.45. The van der Waals surface area contributed by atoms with Gasteiger partial charge in [0.1, 0.15) is 0 Å². The summed E-state index contributed by atoms with van der Waals surface area (Å²) >= 11 is 0. The molecule has 1 N–H and O–H groups in total. The van der Waals surface area contributed by atoms with Crippen molar-refractivity contribution >= 4 is 15.7 Å². The van der Waals surface area contributed by atoms with Crippen LogP contribution >= 0.6 is 0 Å². The summed E-state index contributed by atoms with van der Waals surface area (Å²) in [4.78, 5) is 6.29. The highest BCUT2D eigenvalue weighted by atomic mass is 32.2. The monoisotopic (exact) mass is 312 g/mol. The number of nitrogens with zero attached hydrogens (tertiary/aromatic N) is 3. The van der Waals surface area contributed by atoms with Crippen LogP contribution in [0.1, 0.15) is 20.3 Å². The van der Waals surface area contributed by atoms with Crippen LogP contribution in [0.3, 0.4) is 0 Å². The molecule has 1 aliphatic rings. The van der Waals surface area contributed by atoms with E-state index in [9.17, 15) is 8.42 Å². The van der Waals surface area contributed by atoms with Gasteiger partial charge in [-0.1, -0.05) is 0 Å². The normalized spacial score (nSPS) is 22.0. The summed E-state index contributed by atoms with van der Waals surface area (Å²) in [5, 5.41) is 3.21. The molecule has 0 saturated carbocycles. The summed E-state index contributed by atoms with van der Waals surface area (Å²) < 4.78 is 27.5. The highest BCUT2D eigenvalue weighted by molar-refractivity contribution is 7.89. The number of pyridine rings is 1. The maximum atomic E-state index is 13.0. The minimum Gasteiger partial charge on any atom is -0.383 e. The molecule has 118 valence electrons. The molecule has 1 unspecified atom stereocenters. The zero-order valence-electron chi connectivity index (χ0n) is 12.9. The van der Waals surface area contributed by atoms with Gasteiger partial charge in [0.2, 0.25) is 0 Å². The van der Waals surface area contributed by atoms with Crippen LogP contribution in [0.5, 0.6) is 0 Å². The molecular formula is C14H24N4O2S. The lowest BCUT2D eigenvalue weighted by molar-refractivity contribution is 0.290. The van der Waals surface area contributed by atoms with Gasteiger partial charge in [0.25, 0.3) is 10.0 Å². The van der Waals surface area contributed by atoms with Crippen molar-refractivity contribution in [3.8, 4) is 0 Å². The Hall–Kier alpha value is -1.18. The summed E-state index contributed by atoms with van der Waals surface area (Å²) in [5.74, 6) is 0. The van der Waals surface area contributed by atoms with Crippen LogP contribution in [-0.2, 0) is 10.0 Å². The first kappa shape index (κ1) is 16.2. The van der Waals surface area contributed by atoms with Crippen molar-refractivity contribution < 1.29 is 8.42 Å². The number of aromatic nitrogens is 1. The molecule has 1 saturated heterocycles. The molecule has 0 bridgehead atoms. The van der Waals surface area contributed by atoms with Crippen molar-refractivity contribution in [3.63, 3.8) is 0 Å². The summed E-state index contributed by atoms with van der Waals surface area (Å²) in [5.41, 5.74) is 0.574. The molecule has 1 aliphatic heterocycles. The van der Waals surface area contributed by atoms with Gasteiger partial charge in [-0.2, -0.15) is 4.31 Å². The Morgan fingerprint density at radius 1 is 1.43 bits per heavy atom. The Bertz CT molecular complexity index is 576. The maximum Gasteiger partial charge on any atom is 0.262 e. The molecule has 1 atom stereocenters. The van der Waals surface area contributed by atoms with Crippen LogP contribution in [0.25, 0.3) is 0 Å². The first-order valence-electron chi connectivity index (χ1n) is 7.36.